The van der Waals surface area contributed by atoms with Gasteiger partial charge in [-0.05, 0) is 72.4 Å². The molecule has 2 aliphatic carbocycles. The van der Waals surface area contributed by atoms with Gasteiger partial charge in [-0.3, -0.25) is 4.79 Å². The first kappa shape index (κ1) is 18.9. The molecule has 6 heteroatoms. The van der Waals surface area contributed by atoms with E-state index in [1.807, 2.05) is 6.08 Å². The highest BCUT2D eigenvalue weighted by Gasteiger charge is 2.43. The van der Waals surface area contributed by atoms with Crippen molar-refractivity contribution in [3.8, 4) is 0 Å². The summed E-state index contributed by atoms with van der Waals surface area (Å²) in [7, 11) is 0. The van der Waals surface area contributed by atoms with E-state index in [2.05, 4.69) is 41.3 Å². The van der Waals surface area contributed by atoms with Crippen molar-refractivity contribution in [3.05, 3.63) is 27.7 Å². The lowest BCUT2D eigenvalue weighted by Crippen LogP contribution is -2.23. The van der Waals surface area contributed by atoms with E-state index < -0.39 is 11.9 Å². The Labute approximate surface area is 162 Å². The molecule has 25 heavy (non-hydrogen) atoms. The molecule has 2 fully saturated rings. The maximum absolute atomic E-state index is 11.6. The van der Waals surface area contributed by atoms with E-state index in [1.54, 1.807) is 0 Å². The van der Waals surface area contributed by atoms with E-state index in [9.17, 15) is 15.0 Å². The molecule has 5 nitrogen and oxygen atoms in total. The molecule has 0 spiro atoms. The van der Waals surface area contributed by atoms with Crippen molar-refractivity contribution in [2.75, 3.05) is 6.61 Å². The van der Waals surface area contributed by atoms with Crippen LogP contribution in [0.2, 0.25) is 0 Å². The molecule has 2 unspecified atom stereocenters. The standard InChI is InChI=1S/C19H26INO4/c1-3-10(2)4-11-5-13(6-11)18-16(20)17(21-25-18)14-7-12(9-22)8-15(14)19(23)24/h3,10-15,22H,1,4-9H2,2H3,(H,23,24)/t10?,11?,12?,13?,14-,15-/m0/s1. The minimum Gasteiger partial charge on any atom is -0.481 e. The zero-order chi connectivity index (χ0) is 18.1. The number of carbonyl (C=O) groups is 1. The Morgan fingerprint density at radius 2 is 2.12 bits per heavy atom. The topological polar surface area (TPSA) is 83.6 Å². The number of carboxylic acid groups (broad SMARTS) is 1. The number of aromatic nitrogens is 1. The van der Waals surface area contributed by atoms with Gasteiger partial charge in [0.1, 0.15) is 5.69 Å². The number of aliphatic hydroxyl groups excluding tert-OH is 1. The Balaban J connectivity index is 1.70. The van der Waals surface area contributed by atoms with Gasteiger partial charge in [-0.25, -0.2) is 0 Å². The normalized spacial score (nSPS) is 33.0. The number of carboxylic acids is 1. The molecule has 1 aromatic heterocycles. The Hall–Kier alpha value is -0.890. The van der Waals surface area contributed by atoms with Gasteiger partial charge in [0.15, 0.2) is 5.76 Å². The molecule has 1 heterocycles. The molecule has 3 rings (SSSR count). The van der Waals surface area contributed by atoms with Crippen molar-refractivity contribution in [2.24, 2.45) is 23.7 Å². The molecule has 138 valence electrons. The Kier molecular flexibility index (Phi) is 5.88. The zero-order valence-corrected chi connectivity index (χ0v) is 16.7. The molecular formula is C19H26INO4. The fourth-order valence-corrected chi connectivity index (χ4v) is 5.46. The lowest BCUT2D eigenvalue weighted by atomic mass is 9.70. The van der Waals surface area contributed by atoms with Crippen LogP contribution < -0.4 is 0 Å². The van der Waals surface area contributed by atoms with Crippen LogP contribution in [0.15, 0.2) is 17.2 Å². The molecule has 2 N–H and O–H groups in total. The Morgan fingerprint density at radius 3 is 2.72 bits per heavy atom. The van der Waals surface area contributed by atoms with E-state index >= 15 is 0 Å². The second-order valence-corrected chi connectivity index (χ2v) is 8.88. The van der Waals surface area contributed by atoms with Crippen molar-refractivity contribution in [1.29, 1.82) is 0 Å². The zero-order valence-electron chi connectivity index (χ0n) is 14.5. The third-order valence-electron chi connectivity index (χ3n) is 5.98. The third-order valence-corrected chi connectivity index (χ3v) is 7.07. The minimum atomic E-state index is -0.802. The predicted octanol–water partition coefficient (Wildman–Crippen LogP) is 4.17. The number of allylic oxidation sites excluding steroid dienone is 1. The van der Waals surface area contributed by atoms with Crippen molar-refractivity contribution >= 4 is 28.6 Å². The Morgan fingerprint density at radius 1 is 1.40 bits per heavy atom. The summed E-state index contributed by atoms with van der Waals surface area (Å²) in [5, 5.41) is 23.2. The van der Waals surface area contributed by atoms with E-state index in [0.717, 1.165) is 27.9 Å². The summed E-state index contributed by atoms with van der Waals surface area (Å²) in [6, 6.07) is 0. The summed E-state index contributed by atoms with van der Waals surface area (Å²) in [6.45, 7) is 6.08. The highest BCUT2D eigenvalue weighted by atomic mass is 127. The lowest BCUT2D eigenvalue weighted by molar-refractivity contribution is -0.142. The van der Waals surface area contributed by atoms with Crippen molar-refractivity contribution < 1.29 is 19.5 Å². The van der Waals surface area contributed by atoms with Crippen LogP contribution in [0.5, 0.6) is 0 Å². The van der Waals surface area contributed by atoms with Crippen LogP contribution in [0, 0.1) is 27.2 Å². The van der Waals surface area contributed by atoms with Gasteiger partial charge in [-0.15, -0.1) is 6.58 Å². The van der Waals surface area contributed by atoms with E-state index in [1.165, 1.54) is 6.42 Å². The first-order valence-corrected chi connectivity index (χ1v) is 10.1. The molecule has 0 amide bonds. The van der Waals surface area contributed by atoms with Crippen LogP contribution in [-0.4, -0.2) is 27.9 Å². The molecule has 0 aromatic carbocycles. The number of hydrogen-bond acceptors (Lipinski definition) is 4. The highest BCUT2D eigenvalue weighted by molar-refractivity contribution is 14.1. The van der Waals surface area contributed by atoms with Crippen LogP contribution in [0.25, 0.3) is 0 Å². The van der Waals surface area contributed by atoms with Crippen molar-refractivity contribution in [1.82, 2.24) is 5.16 Å². The summed E-state index contributed by atoms with van der Waals surface area (Å²) < 4.78 is 6.65. The molecule has 0 aliphatic heterocycles. The maximum atomic E-state index is 11.6. The number of aliphatic carboxylic acids is 1. The lowest BCUT2D eigenvalue weighted by Gasteiger charge is -2.35. The average Bonchev–Trinajstić information content (AvgIpc) is 3.13. The highest BCUT2D eigenvalue weighted by Crippen LogP contribution is 2.49. The number of rotatable bonds is 7. The van der Waals surface area contributed by atoms with Crippen molar-refractivity contribution in [2.45, 2.75) is 50.9 Å². The van der Waals surface area contributed by atoms with Gasteiger partial charge in [-0.1, -0.05) is 18.2 Å². The number of hydrogen-bond donors (Lipinski definition) is 2. The monoisotopic (exact) mass is 459 g/mol. The summed E-state index contributed by atoms with van der Waals surface area (Å²) in [5.74, 6) is 1.17. The van der Waals surface area contributed by atoms with Gasteiger partial charge < -0.3 is 14.7 Å². The second kappa shape index (κ2) is 7.78. The molecule has 1 aromatic rings. The fraction of sp³-hybridized carbons (Fsp3) is 0.684. The quantitative estimate of drug-likeness (QED) is 0.473. The predicted molar refractivity (Wildman–Crippen MR) is 102 cm³/mol. The third kappa shape index (κ3) is 3.79. The molecule has 0 saturated heterocycles. The van der Waals surface area contributed by atoms with Crippen LogP contribution in [-0.2, 0) is 4.79 Å². The first-order valence-electron chi connectivity index (χ1n) is 9.05. The van der Waals surface area contributed by atoms with E-state index in [0.29, 0.717) is 30.6 Å². The van der Waals surface area contributed by atoms with E-state index in [4.69, 9.17) is 4.52 Å². The second-order valence-electron chi connectivity index (χ2n) is 7.80. The number of nitrogens with zero attached hydrogens (tertiary/aromatic N) is 1. The average molecular weight is 459 g/mol. The van der Waals surface area contributed by atoms with Crippen LogP contribution in [0.1, 0.15) is 62.3 Å². The maximum Gasteiger partial charge on any atom is 0.307 e. The van der Waals surface area contributed by atoms with Gasteiger partial charge in [0, 0.05) is 18.4 Å². The summed E-state index contributed by atoms with van der Waals surface area (Å²) in [5.41, 5.74) is 0.779. The van der Waals surface area contributed by atoms with Crippen LogP contribution >= 0.6 is 22.6 Å². The molecular weight excluding hydrogens is 433 g/mol. The first-order chi connectivity index (χ1) is 11.9. The number of halogens is 1. The van der Waals surface area contributed by atoms with Crippen LogP contribution in [0.4, 0.5) is 0 Å². The van der Waals surface area contributed by atoms with E-state index in [-0.39, 0.29) is 18.4 Å². The summed E-state index contributed by atoms with van der Waals surface area (Å²) in [4.78, 5) is 11.6. The summed E-state index contributed by atoms with van der Waals surface area (Å²) in [6.07, 6.45) is 6.57. The summed E-state index contributed by atoms with van der Waals surface area (Å²) >= 11 is 2.26. The van der Waals surface area contributed by atoms with Gasteiger partial charge >= 0.3 is 5.97 Å². The SMILES string of the molecule is C=CC(C)CC1CC(c2onc([C@H]3CC(CO)C[C@@H]3C(=O)O)c2I)C1. The van der Waals surface area contributed by atoms with Gasteiger partial charge in [-0.2, -0.15) is 0 Å². The molecule has 2 aliphatic rings. The molecule has 0 radical (unpaired) electrons. The minimum absolute atomic E-state index is 0.0351. The Bertz CT molecular complexity index is 637. The molecule has 0 bridgehead atoms. The number of aliphatic hydroxyl groups is 1. The van der Waals surface area contributed by atoms with Crippen molar-refractivity contribution in [3.63, 3.8) is 0 Å². The molecule has 4 atom stereocenters. The van der Waals surface area contributed by atoms with Gasteiger partial charge in [0.2, 0.25) is 0 Å². The van der Waals surface area contributed by atoms with Gasteiger partial charge in [0.25, 0.3) is 0 Å². The van der Waals surface area contributed by atoms with Gasteiger partial charge in [0.05, 0.1) is 9.49 Å². The smallest absolute Gasteiger partial charge is 0.307 e. The molecule has 2 saturated carbocycles. The largest absolute Gasteiger partial charge is 0.481 e. The fourth-order valence-electron chi connectivity index (χ4n) is 4.42. The van der Waals surface area contributed by atoms with Crippen LogP contribution in [0.3, 0.4) is 0 Å².